The first kappa shape index (κ1) is 9.74. The molecule has 0 aromatic heterocycles. The fraction of sp³-hybridized carbons (Fsp3) is 0.111. The molecule has 0 atom stereocenters. The summed E-state index contributed by atoms with van der Waals surface area (Å²) < 4.78 is 0. The standard InChI is InChI=1S/C9H8ClNO2/c1-7-8(5-6-11(12)13)3-2-4-9(7)10/h2-6H,1H3. The van der Waals surface area contributed by atoms with Crippen LogP contribution in [0.25, 0.3) is 6.08 Å². The molecule has 0 fully saturated rings. The molecule has 0 heterocycles. The normalized spacial score (nSPS) is 10.6. The van der Waals surface area contributed by atoms with Crippen LogP contribution in [-0.2, 0) is 0 Å². The lowest BCUT2D eigenvalue weighted by atomic mass is 10.1. The van der Waals surface area contributed by atoms with Crippen molar-refractivity contribution in [1.82, 2.24) is 0 Å². The molecule has 68 valence electrons. The maximum absolute atomic E-state index is 10.1. The molecule has 1 aromatic carbocycles. The van der Waals surface area contributed by atoms with Crippen molar-refractivity contribution in [3.63, 3.8) is 0 Å². The van der Waals surface area contributed by atoms with Crippen LogP contribution in [-0.4, -0.2) is 4.92 Å². The first-order chi connectivity index (χ1) is 6.11. The van der Waals surface area contributed by atoms with E-state index in [-0.39, 0.29) is 0 Å². The summed E-state index contributed by atoms with van der Waals surface area (Å²) in [6.45, 7) is 1.82. The molecule has 0 saturated heterocycles. The average Bonchev–Trinajstić information content (AvgIpc) is 2.07. The molecule has 0 aliphatic heterocycles. The lowest BCUT2D eigenvalue weighted by molar-refractivity contribution is -0.400. The average molecular weight is 198 g/mol. The second kappa shape index (κ2) is 4.05. The summed E-state index contributed by atoms with van der Waals surface area (Å²) in [5, 5.41) is 10.7. The predicted octanol–water partition coefficient (Wildman–Crippen LogP) is 2.90. The SMILES string of the molecule is Cc1c(Cl)cccc1C=C[N+](=O)[O-]. The Labute approximate surface area is 80.8 Å². The van der Waals surface area contributed by atoms with Crippen molar-refractivity contribution in [2.45, 2.75) is 6.92 Å². The Hall–Kier alpha value is -1.35. The van der Waals surface area contributed by atoms with Gasteiger partial charge in [-0.15, -0.1) is 0 Å². The van der Waals surface area contributed by atoms with Gasteiger partial charge >= 0.3 is 0 Å². The molecule has 1 aromatic rings. The van der Waals surface area contributed by atoms with Crippen LogP contribution in [0, 0.1) is 17.0 Å². The van der Waals surface area contributed by atoms with Crippen LogP contribution in [0.2, 0.25) is 5.02 Å². The van der Waals surface area contributed by atoms with Gasteiger partial charge in [0.25, 0.3) is 0 Å². The fourth-order valence-corrected chi connectivity index (χ4v) is 1.13. The largest absolute Gasteiger partial charge is 0.259 e. The number of halogens is 1. The maximum atomic E-state index is 10.1. The van der Waals surface area contributed by atoms with Gasteiger partial charge < -0.3 is 0 Å². The highest BCUT2D eigenvalue weighted by molar-refractivity contribution is 6.31. The number of hydrogen-bond donors (Lipinski definition) is 0. The minimum absolute atomic E-state index is 0.500. The molecule has 0 N–H and O–H groups in total. The summed E-state index contributed by atoms with van der Waals surface area (Å²) in [5.74, 6) is 0. The van der Waals surface area contributed by atoms with Crippen LogP contribution >= 0.6 is 11.6 Å². The first-order valence-corrected chi connectivity index (χ1v) is 4.06. The third kappa shape index (κ3) is 2.56. The Morgan fingerprint density at radius 2 is 2.23 bits per heavy atom. The Kier molecular flexibility index (Phi) is 3.03. The zero-order valence-electron chi connectivity index (χ0n) is 7.03. The van der Waals surface area contributed by atoms with Gasteiger partial charge in [-0.1, -0.05) is 23.7 Å². The molecule has 0 aliphatic rings. The lowest BCUT2D eigenvalue weighted by Crippen LogP contribution is -1.85. The van der Waals surface area contributed by atoms with E-state index in [4.69, 9.17) is 11.6 Å². The van der Waals surface area contributed by atoms with Gasteiger partial charge in [-0.25, -0.2) is 0 Å². The highest BCUT2D eigenvalue weighted by Gasteiger charge is 1.99. The van der Waals surface area contributed by atoms with E-state index in [0.29, 0.717) is 5.02 Å². The summed E-state index contributed by atoms with van der Waals surface area (Å²) in [6, 6.07) is 5.29. The van der Waals surface area contributed by atoms with E-state index in [0.717, 1.165) is 17.3 Å². The van der Waals surface area contributed by atoms with Gasteiger partial charge in [0.05, 0.1) is 4.92 Å². The van der Waals surface area contributed by atoms with Gasteiger partial charge in [-0.2, -0.15) is 0 Å². The van der Waals surface area contributed by atoms with Gasteiger partial charge in [0.15, 0.2) is 0 Å². The van der Waals surface area contributed by atoms with Crippen LogP contribution in [0.5, 0.6) is 0 Å². The summed E-state index contributed by atoms with van der Waals surface area (Å²) in [4.78, 5) is 9.55. The highest BCUT2D eigenvalue weighted by Crippen LogP contribution is 2.19. The van der Waals surface area contributed by atoms with E-state index in [9.17, 15) is 10.1 Å². The quantitative estimate of drug-likeness (QED) is 0.541. The minimum Gasteiger partial charge on any atom is -0.259 e. The third-order valence-corrected chi connectivity index (χ3v) is 2.09. The molecular formula is C9H8ClNO2. The maximum Gasteiger partial charge on any atom is 0.235 e. The zero-order valence-corrected chi connectivity index (χ0v) is 7.78. The Balaban J connectivity index is 3.02. The molecule has 0 unspecified atom stereocenters. The van der Waals surface area contributed by atoms with Crippen LogP contribution in [0.3, 0.4) is 0 Å². The molecule has 1 rings (SSSR count). The zero-order chi connectivity index (χ0) is 9.84. The van der Waals surface area contributed by atoms with Crippen molar-refractivity contribution in [2.24, 2.45) is 0 Å². The summed E-state index contributed by atoms with van der Waals surface area (Å²) in [6.07, 6.45) is 2.33. The summed E-state index contributed by atoms with van der Waals surface area (Å²) in [7, 11) is 0. The molecule has 0 spiro atoms. The van der Waals surface area contributed by atoms with Crippen molar-refractivity contribution >= 4 is 17.7 Å². The van der Waals surface area contributed by atoms with Crippen LogP contribution in [0.15, 0.2) is 24.4 Å². The molecule has 0 amide bonds. The lowest BCUT2D eigenvalue weighted by Gasteiger charge is -2.00. The molecule has 0 aliphatic carbocycles. The summed E-state index contributed by atoms with van der Waals surface area (Å²) >= 11 is 5.83. The van der Waals surface area contributed by atoms with Crippen LogP contribution in [0.4, 0.5) is 0 Å². The monoisotopic (exact) mass is 197 g/mol. The van der Waals surface area contributed by atoms with Crippen molar-refractivity contribution in [3.8, 4) is 0 Å². The van der Waals surface area contributed by atoms with E-state index in [1.165, 1.54) is 6.08 Å². The molecule has 0 bridgehead atoms. The van der Waals surface area contributed by atoms with Crippen molar-refractivity contribution < 1.29 is 4.92 Å². The highest BCUT2D eigenvalue weighted by atomic mass is 35.5. The number of benzene rings is 1. The molecule has 3 nitrogen and oxygen atoms in total. The molecule has 4 heteroatoms. The van der Waals surface area contributed by atoms with Crippen LogP contribution < -0.4 is 0 Å². The smallest absolute Gasteiger partial charge is 0.235 e. The molecule has 13 heavy (non-hydrogen) atoms. The first-order valence-electron chi connectivity index (χ1n) is 3.68. The third-order valence-electron chi connectivity index (χ3n) is 1.69. The number of hydrogen-bond acceptors (Lipinski definition) is 2. The molecule has 0 saturated carbocycles. The Morgan fingerprint density at radius 1 is 1.54 bits per heavy atom. The van der Waals surface area contributed by atoms with Crippen molar-refractivity contribution in [2.75, 3.05) is 0 Å². The number of rotatable bonds is 2. The van der Waals surface area contributed by atoms with Gasteiger partial charge in [0.1, 0.15) is 0 Å². The van der Waals surface area contributed by atoms with E-state index in [1.807, 2.05) is 6.92 Å². The number of nitro groups is 1. The van der Waals surface area contributed by atoms with Gasteiger partial charge in [-0.3, -0.25) is 10.1 Å². The van der Waals surface area contributed by atoms with Crippen molar-refractivity contribution in [3.05, 3.63) is 50.7 Å². The van der Waals surface area contributed by atoms with Gasteiger partial charge in [0, 0.05) is 11.1 Å². The van der Waals surface area contributed by atoms with E-state index in [2.05, 4.69) is 0 Å². The van der Waals surface area contributed by atoms with Crippen molar-refractivity contribution in [1.29, 1.82) is 0 Å². The van der Waals surface area contributed by atoms with E-state index in [1.54, 1.807) is 18.2 Å². The molecular weight excluding hydrogens is 190 g/mol. The van der Waals surface area contributed by atoms with E-state index < -0.39 is 4.92 Å². The van der Waals surface area contributed by atoms with Crippen LogP contribution in [0.1, 0.15) is 11.1 Å². The van der Waals surface area contributed by atoms with E-state index >= 15 is 0 Å². The second-order valence-corrected chi connectivity index (χ2v) is 2.96. The second-order valence-electron chi connectivity index (χ2n) is 2.56. The van der Waals surface area contributed by atoms with Gasteiger partial charge in [-0.05, 0) is 24.1 Å². The number of nitrogens with zero attached hydrogens (tertiary/aromatic N) is 1. The summed E-state index contributed by atoms with van der Waals surface area (Å²) in [5.41, 5.74) is 1.62. The fourth-order valence-electron chi connectivity index (χ4n) is 0.946. The topological polar surface area (TPSA) is 43.1 Å². The Morgan fingerprint density at radius 3 is 2.85 bits per heavy atom. The molecule has 0 radical (unpaired) electrons. The Bertz CT molecular complexity index is 361. The van der Waals surface area contributed by atoms with Gasteiger partial charge in [0.2, 0.25) is 6.20 Å². The minimum atomic E-state index is -0.500. The predicted molar refractivity (Wildman–Crippen MR) is 52.2 cm³/mol.